The van der Waals surface area contributed by atoms with E-state index in [2.05, 4.69) is 0 Å². The molecular formula is C12H15ClFNO2. The van der Waals surface area contributed by atoms with Gasteiger partial charge in [-0.15, -0.1) is 0 Å². The molecule has 2 N–H and O–H groups in total. The topological polar surface area (TPSA) is 52.3 Å². The number of methoxy groups -OCH3 is 1. The van der Waals surface area contributed by atoms with E-state index in [9.17, 15) is 9.18 Å². The summed E-state index contributed by atoms with van der Waals surface area (Å²) in [5, 5.41) is 0.247. The van der Waals surface area contributed by atoms with Crippen LogP contribution >= 0.6 is 11.6 Å². The zero-order chi connectivity index (χ0) is 12.8. The second-order valence-corrected chi connectivity index (χ2v) is 4.17. The van der Waals surface area contributed by atoms with Crippen LogP contribution in [0.25, 0.3) is 0 Å². The number of ketones is 1. The van der Waals surface area contributed by atoms with Crippen LogP contribution in [0.2, 0.25) is 5.02 Å². The third-order valence-corrected chi connectivity index (χ3v) is 2.78. The first-order valence-corrected chi connectivity index (χ1v) is 5.63. The van der Waals surface area contributed by atoms with Gasteiger partial charge in [-0.05, 0) is 24.1 Å². The summed E-state index contributed by atoms with van der Waals surface area (Å²) in [5.74, 6) is -0.551. The number of Topliss-reactive ketones (excluding diaryl/α,β-unsaturated/α-hetero) is 1. The van der Waals surface area contributed by atoms with E-state index in [1.165, 1.54) is 18.2 Å². The van der Waals surface area contributed by atoms with E-state index >= 15 is 0 Å². The Morgan fingerprint density at radius 2 is 2.29 bits per heavy atom. The van der Waals surface area contributed by atoms with Crippen LogP contribution in [0.5, 0.6) is 0 Å². The molecular weight excluding hydrogens is 245 g/mol. The van der Waals surface area contributed by atoms with Gasteiger partial charge in [-0.2, -0.15) is 0 Å². The first-order valence-electron chi connectivity index (χ1n) is 5.25. The molecule has 1 atom stereocenters. The van der Waals surface area contributed by atoms with Crippen molar-refractivity contribution in [3.05, 3.63) is 34.6 Å². The van der Waals surface area contributed by atoms with Crippen molar-refractivity contribution in [1.82, 2.24) is 0 Å². The fourth-order valence-corrected chi connectivity index (χ4v) is 1.62. The average molecular weight is 260 g/mol. The lowest BCUT2D eigenvalue weighted by Gasteiger charge is -2.10. The number of carbonyl (C=O) groups is 1. The fraction of sp³-hybridized carbons (Fsp3) is 0.417. The summed E-state index contributed by atoms with van der Waals surface area (Å²) in [6.07, 6.45) is 0.581. The van der Waals surface area contributed by atoms with Gasteiger partial charge in [0.15, 0.2) is 5.78 Å². The number of nitrogens with two attached hydrogens (primary N) is 1. The number of hydrogen-bond donors (Lipinski definition) is 1. The van der Waals surface area contributed by atoms with Crippen LogP contribution in [-0.4, -0.2) is 25.5 Å². The van der Waals surface area contributed by atoms with Crippen LogP contribution in [0.4, 0.5) is 4.39 Å². The van der Waals surface area contributed by atoms with Crippen molar-refractivity contribution >= 4 is 17.4 Å². The maximum absolute atomic E-state index is 12.8. The first-order chi connectivity index (χ1) is 8.04. The van der Waals surface area contributed by atoms with Gasteiger partial charge in [0.1, 0.15) is 5.82 Å². The van der Waals surface area contributed by atoms with Gasteiger partial charge >= 0.3 is 0 Å². The first kappa shape index (κ1) is 14.1. The molecule has 1 unspecified atom stereocenters. The molecule has 0 saturated heterocycles. The summed E-state index contributed by atoms with van der Waals surface area (Å²) < 4.78 is 17.6. The van der Waals surface area contributed by atoms with Crippen molar-refractivity contribution in [2.24, 2.45) is 5.73 Å². The van der Waals surface area contributed by atoms with Crippen molar-refractivity contribution in [2.45, 2.75) is 18.9 Å². The Labute approximate surface area is 105 Å². The molecule has 0 bridgehead atoms. The second kappa shape index (κ2) is 6.69. The van der Waals surface area contributed by atoms with E-state index in [0.717, 1.165) is 0 Å². The van der Waals surface area contributed by atoms with Crippen LogP contribution < -0.4 is 5.73 Å². The number of carbonyl (C=O) groups excluding carboxylic acids is 1. The van der Waals surface area contributed by atoms with Crippen LogP contribution in [-0.2, 0) is 16.0 Å². The van der Waals surface area contributed by atoms with Gasteiger partial charge in [0.05, 0.1) is 6.04 Å². The second-order valence-electron chi connectivity index (χ2n) is 3.77. The van der Waals surface area contributed by atoms with Crippen LogP contribution in [0.1, 0.15) is 12.0 Å². The van der Waals surface area contributed by atoms with Crippen LogP contribution in [0.15, 0.2) is 18.2 Å². The Hall–Kier alpha value is -0.970. The van der Waals surface area contributed by atoms with Crippen LogP contribution in [0.3, 0.4) is 0 Å². The van der Waals surface area contributed by atoms with Gasteiger partial charge in [0.25, 0.3) is 0 Å². The van der Waals surface area contributed by atoms with Crippen molar-refractivity contribution in [3.63, 3.8) is 0 Å². The van der Waals surface area contributed by atoms with E-state index in [0.29, 0.717) is 18.6 Å². The highest BCUT2D eigenvalue weighted by Crippen LogP contribution is 2.18. The monoisotopic (exact) mass is 259 g/mol. The molecule has 5 heteroatoms. The standard InChI is InChI=1S/C12H15ClFNO2/c1-17-5-4-11(15)12(16)6-8-2-3-9(14)7-10(8)13/h2-3,7,11H,4-6,15H2,1H3. The Kier molecular flexibility index (Phi) is 5.55. The van der Waals surface area contributed by atoms with Gasteiger partial charge < -0.3 is 10.5 Å². The number of benzene rings is 1. The number of hydrogen-bond acceptors (Lipinski definition) is 3. The molecule has 0 fully saturated rings. The summed E-state index contributed by atoms with van der Waals surface area (Å²) in [6, 6.07) is 3.38. The Morgan fingerprint density at radius 1 is 1.59 bits per heavy atom. The molecule has 1 aromatic rings. The third kappa shape index (κ3) is 4.42. The van der Waals surface area contributed by atoms with Gasteiger partial charge in [-0.25, -0.2) is 4.39 Å². The summed E-state index contributed by atoms with van der Waals surface area (Å²) in [6.45, 7) is 0.435. The van der Waals surface area contributed by atoms with E-state index in [1.807, 2.05) is 0 Å². The lowest BCUT2D eigenvalue weighted by Crippen LogP contribution is -2.33. The molecule has 3 nitrogen and oxygen atoms in total. The zero-order valence-corrected chi connectivity index (χ0v) is 10.3. The van der Waals surface area contributed by atoms with Gasteiger partial charge in [-0.1, -0.05) is 17.7 Å². The number of halogens is 2. The van der Waals surface area contributed by atoms with Crippen molar-refractivity contribution in [2.75, 3.05) is 13.7 Å². The predicted octanol–water partition coefficient (Wildman–Crippen LogP) is 1.95. The molecule has 0 heterocycles. The summed E-state index contributed by atoms with van der Waals surface area (Å²) in [7, 11) is 1.55. The zero-order valence-electron chi connectivity index (χ0n) is 9.58. The Bertz CT molecular complexity index is 398. The molecule has 0 aliphatic carbocycles. The molecule has 0 aliphatic rings. The molecule has 0 spiro atoms. The SMILES string of the molecule is COCCC(N)C(=O)Cc1ccc(F)cc1Cl. The molecule has 1 rings (SSSR count). The van der Waals surface area contributed by atoms with E-state index in [1.54, 1.807) is 7.11 Å². The highest BCUT2D eigenvalue weighted by atomic mass is 35.5. The minimum atomic E-state index is -0.573. The summed E-state index contributed by atoms with van der Waals surface area (Å²) >= 11 is 5.82. The van der Waals surface area contributed by atoms with Crippen molar-refractivity contribution < 1.29 is 13.9 Å². The molecule has 0 saturated carbocycles. The fourth-order valence-electron chi connectivity index (χ4n) is 1.39. The summed E-state index contributed by atoms with van der Waals surface area (Å²) in [4.78, 5) is 11.7. The lowest BCUT2D eigenvalue weighted by molar-refractivity contribution is -0.120. The molecule has 0 amide bonds. The highest BCUT2D eigenvalue weighted by Gasteiger charge is 2.15. The normalized spacial score (nSPS) is 12.5. The van der Waals surface area contributed by atoms with E-state index in [4.69, 9.17) is 22.1 Å². The molecule has 0 aromatic heterocycles. The van der Waals surface area contributed by atoms with E-state index < -0.39 is 11.9 Å². The molecule has 1 aromatic carbocycles. The average Bonchev–Trinajstić information content (AvgIpc) is 2.29. The third-order valence-electron chi connectivity index (χ3n) is 2.43. The lowest BCUT2D eigenvalue weighted by atomic mass is 10.0. The number of ether oxygens (including phenoxy) is 1. The largest absolute Gasteiger partial charge is 0.385 e. The van der Waals surface area contributed by atoms with Crippen LogP contribution in [0, 0.1) is 5.82 Å². The van der Waals surface area contributed by atoms with Gasteiger partial charge in [0, 0.05) is 25.2 Å². The molecule has 94 valence electrons. The molecule has 17 heavy (non-hydrogen) atoms. The maximum atomic E-state index is 12.8. The Balaban J connectivity index is 2.61. The van der Waals surface area contributed by atoms with E-state index in [-0.39, 0.29) is 17.2 Å². The Morgan fingerprint density at radius 3 is 2.88 bits per heavy atom. The quantitative estimate of drug-likeness (QED) is 0.850. The van der Waals surface area contributed by atoms with Crippen molar-refractivity contribution in [3.8, 4) is 0 Å². The minimum Gasteiger partial charge on any atom is -0.385 e. The molecule has 0 aliphatic heterocycles. The smallest absolute Gasteiger partial charge is 0.154 e. The van der Waals surface area contributed by atoms with Crippen molar-refractivity contribution in [1.29, 1.82) is 0 Å². The minimum absolute atomic E-state index is 0.115. The van der Waals surface area contributed by atoms with Gasteiger partial charge in [-0.3, -0.25) is 4.79 Å². The van der Waals surface area contributed by atoms with Gasteiger partial charge in [0.2, 0.25) is 0 Å². The molecule has 0 radical (unpaired) electrons. The predicted molar refractivity (Wildman–Crippen MR) is 64.6 cm³/mol. The highest BCUT2D eigenvalue weighted by molar-refractivity contribution is 6.31. The number of rotatable bonds is 6. The summed E-state index contributed by atoms with van der Waals surface area (Å²) in [5.41, 5.74) is 6.27. The maximum Gasteiger partial charge on any atom is 0.154 e.